The van der Waals surface area contributed by atoms with Crippen molar-refractivity contribution in [1.82, 2.24) is 9.88 Å². The summed E-state index contributed by atoms with van der Waals surface area (Å²) in [6, 6.07) is 1.87. The van der Waals surface area contributed by atoms with Gasteiger partial charge in [0, 0.05) is 35.5 Å². The third-order valence-corrected chi connectivity index (χ3v) is 3.92. The predicted molar refractivity (Wildman–Crippen MR) is 82.9 cm³/mol. The Morgan fingerprint density at radius 3 is 2.52 bits per heavy atom. The molecule has 5 nitrogen and oxygen atoms in total. The second-order valence-corrected chi connectivity index (χ2v) is 7.31. The van der Waals surface area contributed by atoms with E-state index in [1.54, 1.807) is 17.3 Å². The summed E-state index contributed by atoms with van der Waals surface area (Å²) in [4.78, 5) is 17.8. The maximum absolute atomic E-state index is 12.0. The predicted octanol–water partition coefficient (Wildman–Crippen LogP) is 3.06. The SMILES string of the molecule is CC(C)(C)OC(=O)N1CCC(O)(c2cncc(Br)c2)CC1. The number of amides is 1. The molecule has 1 N–H and O–H groups in total. The van der Waals surface area contributed by atoms with Gasteiger partial charge in [0.2, 0.25) is 0 Å². The summed E-state index contributed by atoms with van der Waals surface area (Å²) in [5.74, 6) is 0. The Hall–Kier alpha value is -1.14. The monoisotopic (exact) mass is 356 g/mol. The number of likely N-dealkylation sites (tertiary alicyclic amines) is 1. The summed E-state index contributed by atoms with van der Waals surface area (Å²) in [5.41, 5.74) is -0.658. The molecular weight excluding hydrogens is 336 g/mol. The number of aliphatic hydroxyl groups is 1. The molecule has 1 aliphatic heterocycles. The van der Waals surface area contributed by atoms with Crippen LogP contribution >= 0.6 is 15.9 Å². The van der Waals surface area contributed by atoms with E-state index in [0.717, 1.165) is 10.0 Å². The standard InChI is InChI=1S/C15H21BrN2O3/c1-14(2,3)21-13(19)18-6-4-15(20,5-7-18)11-8-12(16)10-17-9-11/h8-10,20H,4-7H2,1-3H3. The molecule has 0 saturated carbocycles. The largest absolute Gasteiger partial charge is 0.444 e. The van der Waals surface area contributed by atoms with Crippen LogP contribution in [-0.2, 0) is 10.3 Å². The van der Waals surface area contributed by atoms with Crippen LogP contribution in [0.15, 0.2) is 22.9 Å². The maximum Gasteiger partial charge on any atom is 0.410 e. The van der Waals surface area contributed by atoms with E-state index in [2.05, 4.69) is 20.9 Å². The molecule has 1 fully saturated rings. The Balaban J connectivity index is 2.01. The van der Waals surface area contributed by atoms with Crippen LogP contribution in [0.3, 0.4) is 0 Å². The fourth-order valence-electron chi connectivity index (χ4n) is 2.34. The molecule has 2 rings (SSSR count). The van der Waals surface area contributed by atoms with E-state index in [1.165, 1.54) is 0 Å². The number of aromatic nitrogens is 1. The molecule has 0 atom stereocenters. The minimum absolute atomic E-state index is 0.322. The summed E-state index contributed by atoms with van der Waals surface area (Å²) < 4.78 is 6.19. The van der Waals surface area contributed by atoms with Crippen LogP contribution < -0.4 is 0 Å². The molecule has 6 heteroatoms. The first-order valence-electron chi connectivity index (χ1n) is 7.01. The van der Waals surface area contributed by atoms with Crippen LogP contribution in [0.1, 0.15) is 39.2 Å². The first-order chi connectivity index (χ1) is 9.70. The number of halogens is 1. The van der Waals surface area contributed by atoms with Crippen molar-refractivity contribution in [2.24, 2.45) is 0 Å². The summed E-state index contributed by atoms with van der Waals surface area (Å²) in [5, 5.41) is 10.8. The van der Waals surface area contributed by atoms with Gasteiger partial charge in [-0.1, -0.05) is 0 Å². The topological polar surface area (TPSA) is 62.7 Å². The van der Waals surface area contributed by atoms with Gasteiger partial charge in [-0.05, 0) is 55.6 Å². The second-order valence-electron chi connectivity index (χ2n) is 6.39. The smallest absolute Gasteiger partial charge is 0.410 e. The third kappa shape index (κ3) is 4.17. The fourth-order valence-corrected chi connectivity index (χ4v) is 2.71. The fraction of sp³-hybridized carbons (Fsp3) is 0.600. The molecule has 0 aromatic carbocycles. The van der Waals surface area contributed by atoms with Crippen LogP contribution in [0, 0.1) is 0 Å². The number of carbonyl (C=O) groups is 1. The molecule has 1 aliphatic rings. The summed E-state index contributed by atoms with van der Waals surface area (Å²) in [6.07, 6.45) is 3.99. The average Bonchev–Trinajstić information content (AvgIpc) is 2.37. The highest BCUT2D eigenvalue weighted by molar-refractivity contribution is 9.10. The highest BCUT2D eigenvalue weighted by atomic mass is 79.9. The van der Waals surface area contributed by atoms with E-state index in [1.807, 2.05) is 26.8 Å². The zero-order valence-electron chi connectivity index (χ0n) is 12.6. The molecule has 0 radical (unpaired) electrons. The van der Waals surface area contributed by atoms with Gasteiger partial charge in [0.1, 0.15) is 5.60 Å². The maximum atomic E-state index is 12.0. The van der Waals surface area contributed by atoms with Gasteiger partial charge in [0.05, 0.1) is 5.60 Å². The van der Waals surface area contributed by atoms with Gasteiger partial charge < -0.3 is 14.7 Å². The van der Waals surface area contributed by atoms with Crippen LogP contribution in [0.4, 0.5) is 4.79 Å². The lowest BCUT2D eigenvalue weighted by molar-refractivity contribution is -0.0358. The number of carbonyl (C=O) groups excluding carboxylic acids is 1. The zero-order chi connectivity index (χ0) is 15.7. The van der Waals surface area contributed by atoms with Crippen LogP contribution in [-0.4, -0.2) is 39.8 Å². The molecule has 0 unspecified atom stereocenters. The van der Waals surface area contributed by atoms with Crippen molar-refractivity contribution < 1.29 is 14.6 Å². The molecule has 1 amide bonds. The van der Waals surface area contributed by atoms with E-state index >= 15 is 0 Å². The Morgan fingerprint density at radius 2 is 2.00 bits per heavy atom. The van der Waals surface area contributed by atoms with E-state index in [4.69, 9.17) is 4.74 Å². The number of ether oxygens (including phenoxy) is 1. The van der Waals surface area contributed by atoms with Crippen LogP contribution in [0.5, 0.6) is 0 Å². The number of rotatable bonds is 1. The lowest BCUT2D eigenvalue weighted by Crippen LogP contribution is -2.46. The van der Waals surface area contributed by atoms with Gasteiger partial charge in [-0.3, -0.25) is 4.98 Å². The van der Waals surface area contributed by atoms with Crippen molar-refractivity contribution >= 4 is 22.0 Å². The van der Waals surface area contributed by atoms with E-state index < -0.39 is 11.2 Å². The van der Waals surface area contributed by atoms with E-state index in [-0.39, 0.29) is 6.09 Å². The highest BCUT2D eigenvalue weighted by Crippen LogP contribution is 2.33. The van der Waals surface area contributed by atoms with Crippen molar-refractivity contribution in [3.05, 3.63) is 28.5 Å². The van der Waals surface area contributed by atoms with Crippen molar-refractivity contribution in [2.45, 2.75) is 44.8 Å². The van der Waals surface area contributed by atoms with E-state index in [9.17, 15) is 9.90 Å². The number of hydrogen-bond acceptors (Lipinski definition) is 4. The minimum Gasteiger partial charge on any atom is -0.444 e. The van der Waals surface area contributed by atoms with Crippen molar-refractivity contribution in [3.63, 3.8) is 0 Å². The number of nitrogens with zero attached hydrogens (tertiary/aromatic N) is 2. The number of hydrogen-bond donors (Lipinski definition) is 1. The van der Waals surface area contributed by atoms with Gasteiger partial charge in [-0.15, -0.1) is 0 Å². The van der Waals surface area contributed by atoms with Gasteiger partial charge in [-0.25, -0.2) is 4.79 Å². The normalized spacial score (nSPS) is 18.4. The minimum atomic E-state index is -0.935. The molecule has 0 aliphatic carbocycles. The number of pyridine rings is 1. The second kappa shape index (κ2) is 5.93. The first-order valence-corrected chi connectivity index (χ1v) is 7.80. The van der Waals surface area contributed by atoms with Gasteiger partial charge in [-0.2, -0.15) is 0 Å². The molecule has 1 aromatic rings. The highest BCUT2D eigenvalue weighted by Gasteiger charge is 2.37. The zero-order valence-corrected chi connectivity index (χ0v) is 14.2. The Bertz CT molecular complexity index is 520. The average molecular weight is 357 g/mol. The molecule has 116 valence electrons. The van der Waals surface area contributed by atoms with Crippen LogP contribution in [0.2, 0.25) is 0 Å². The quantitative estimate of drug-likeness (QED) is 0.839. The molecule has 1 saturated heterocycles. The molecule has 0 bridgehead atoms. The van der Waals surface area contributed by atoms with E-state index in [0.29, 0.717) is 25.9 Å². The van der Waals surface area contributed by atoms with Gasteiger partial charge in [0.25, 0.3) is 0 Å². The third-order valence-electron chi connectivity index (χ3n) is 3.48. The van der Waals surface area contributed by atoms with Crippen molar-refractivity contribution in [3.8, 4) is 0 Å². The Labute approximate surface area is 133 Å². The molecule has 1 aromatic heterocycles. The first kappa shape index (κ1) is 16.2. The summed E-state index contributed by atoms with van der Waals surface area (Å²) in [6.45, 7) is 6.48. The lowest BCUT2D eigenvalue weighted by atomic mass is 9.85. The Kier molecular flexibility index (Phi) is 4.58. The summed E-state index contributed by atoms with van der Waals surface area (Å²) >= 11 is 3.36. The van der Waals surface area contributed by atoms with Crippen LogP contribution in [0.25, 0.3) is 0 Å². The van der Waals surface area contributed by atoms with Gasteiger partial charge in [0.15, 0.2) is 0 Å². The number of piperidine rings is 1. The lowest BCUT2D eigenvalue weighted by Gasteiger charge is -2.38. The summed E-state index contributed by atoms with van der Waals surface area (Å²) in [7, 11) is 0. The molecule has 2 heterocycles. The molecule has 21 heavy (non-hydrogen) atoms. The van der Waals surface area contributed by atoms with Crippen molar-refractivity contribution in [1.29, 1.82) is 0 Å². The van der Waals surface area contributed by atoms with Gasteiger partial charge >= 0.3 is 6.09 Å². The van der Waals surface area contributed by atoms with Crippen molar-refractivity contribution in [2.75, 3.05) is 13.1 Å². The molecule has 0 spiro atoms. The molecular formula is C15H21BrN2O3. The Morgan fingerprint density at radius 1 is 1.38 bits per heavy atom.